The molecular formula is C16H35IN4O2. The van der Waals surface area contributed by atoms with Crippen LogP contribution in [-0.4, -0.2) is 77.1 Å². The summed E-state index contributed by atoms with van der Waals surface area (Å²) in [4.78, 5) is 6.74. The van der Waals surface area contributed by atoms with Gasteiger partial charge in [0.15, 0.2) is 5.96 Å². The van der Waals surface area contributed by atoms with Gasteiger partial charge in [-0.3, -0.25) is 9.89 Å². The molecule has 6 nitrogen and oxygen atoms in total. The highest BCUT2D eigenvalue weighted by Crippen LogP contribution is 2.02. The Morgan fingerprint density at radius 3 is 2.65 bits per heavy atom. The highest BCUT2D eigenvalue weighted by molar-refractivity contribution is 14.0. The fourth-order valence-electron chi connectivity index (χ4n) is 2.46. The average Bonchev–Trinajstić information content (AvgIpc) is 2.54. The lowest BCUT2D eigenvalue weighted by atomic mass is 10.1. The Balaban J connectivity index is 0.00000484. The number of guanidine groups is 1. The Morgan fingerprint density at radius 1 is 1.26 bits per heavy atom. The molecule has 0 aromatic rings. The number of morpholine rings is 1. The van der Waals surface area contributed by atoms with Gasteiger partial charge in [0, 0.05) is 53.0 Å². The Bertz CT molecular complexity index is 300. The average molecular weight is 442 g/mol. The number of hydrogen-bond donors (Lipinski definition) is 2. The summed E-state index contributed by atoms with van der Waals surface area (Å²) in [6.07, 6.45) is 2.19. The molecule has 1 fully saturated rings. The Hall–Kier alpha value is -0.120. The molecule has 1 aliphatic heterocycles. The fraction of sp³-hybridized carbons (Fsp3) is 0.938. The van der Waals surface area contributed by atoms with E-state index in [9.17, 15) is 0 Å². The highest BCUT2D eigenvalue weighted by atomic mass is 127. The monoisotopic (exact) mass is 442 g/mol. The van der Waals surface area contributed by atoms with Gasteiger partial charge in [-0.2, -0.15) is 0 Å². The van der Waals surface area contributed by atoms with E-state index in [4.69, 9.17) is 9.47 Å². The maximum Gasteiger partial charge on any atom is 0.190 e. The summed E-state index contributed by atoms with van der Waals surface area (Å²) in [6.45, 7) is 12.8. The molecule has 0 bridgehead atoms. The van der Waals surface area contributed by atoms with Crippen LogP contribution in [0.15, 0.2) is 4.99 Å². The third-order valence-electron chi connectivity index (χ3n) is 3.73. The number of rotatable bonds is 10. The summed E-state index contributed by atoms with van der Waals surface area (Å²) in [5.74, 6) is 1.49. The summed E-state index contributed by atoms with van der Waals surface area (Å²) in [5.41, 5.74) is 0. The van der Waals surface area contributed by atoms with Gasteiger partial charge in [-0.05, 0) is 25.7 Å². The summed E-state index contributed by atoms with van der Waals surface area (Å²) in [7, 11) is 1.82. The van der Waals surface area contributed by atoms with Crippen molar-refractivity contribution < 1.29 is 9.47 Å². The van der Waals surface area contributed by atoms with E-state index in [1.165, 1.54) is 0 Å². The fourth-order valence-corrected chi connectivity index (χ4v) is 2.46. The molecule has 1 unspecified atom stereocenters. The molecule has 1 rings (SSSR count). The zero-order valence-electron chi connectivity index (χ0n) is 15.0. The standard InChI is InChI=1S/C16H34N4O2.HI/c1-4-21-10-6-5-7-18-16(17-3)19-13-15(2)14-20-8-11-22-12-9-20;/h15H,4-14H2,1-3H3,(H2,17,18,19);1H. The second kappa shape index (κ2) is 15.4. The number of aliphatic imine (C=N–C) groups is 1. The van der Waals surface area contributed by atoms with Gasteiger partial charge in [0.2, 0.25) is 0 Å². The number of nitrogens with zero attached hydrogens (tertiary/aromatic N) is 2. The number of hydrogen-bond acceptors (Lipinski definition) is 4. The minimum Gasteiger partial charge on any atom is -0.382 e. The number of halogens is 1. The van der Waals surface area contributed by atoms with Gasteiger partial charge in [-0.25, -0.2) is 0 Å². The van der Waals surface area contributed by atoms with Gasteiger partial charge in [0.1, 0.15) is 0 Å². The van der Waals surface area contributed by atoms with Crippen LogP contribution in [0.2, 0.25) is 0 Å². The third-order valence-corrected chi connectivity index (χ3v) is 3.73. The smallest absolute Gasteiger partial charge is 0.190 e. The molecule has 1 saturated heterocycles. The maximum atomic E-state index is 5.38. The van der Waals surface area contributed by atoms with Gasteiger partial charge < -0.3 is 20.1 Å². The molecule has 0 aromatic carbocycles. The van der Waals surface area contributed by atoms with Crippen LogP contribution >= 0.6 is 24.0 Å². The molecule has 0 aliphatic carbocycles. The van der Waals surface area contributed by atoms with E-state index in [1.807, 2.05) is 14.0 Å². The van der Waals surface area contributed by atoms with E-state index in [-0.39, 0.29) is 24.0 Å². The molecule has 0 spiro atoms. The third kappa shape index (κ3) is 12.0. The summed E-state index contributed by atoms with van der Waals surface area (Å²) < 4.78 is 10.7. The van der Waals surface area contributed by atoms with Crippen molar-refractivity contribution in [3.8, 4) is 0 Å². The topological polar surface area (TPSA) is 58.1 Å². The molecule has 1 heterocycles. The minimum absolute atomic E-state index is 0. The minimum atomic E-state index is 0. The first kappa shape index (κ1) is 22.9. The van der Waals surface area contributed by atoms with Crippen LogP contribution in [0.1, 0.15) is 26.7 Å². The van der Waals surface area contributed by atoms with Gasteiger partial charge in [0.05, 0.1) is 13.2 Å². The van der Waals surface area contributed by atoms with Crippen molar-refractivity contribution in [2.45, 2.75) is 26.7 Å². The molecule has 138 valence electrons. The highest BCUT2D eigenvalue weighted by Gasteiger charge is 2.13. The van der Waals surface area contributed by atoms with Crippen LogP contribution in [0.5, 0.6) is 0 Å². The van der Waals surface area contributed by atoms with Crippen molar-refractivity contribution >= 4 is 29.9 Å². The number of nitrogens with one attached hydrogen (secondary N) is 2. The lowest BCUT2D eigenvalue weighted by molar-refractivity contribution is 0.0320. The lowest BCUT2D eigenvalue weighted by Gasteiger charge is -2.29. The van der Waals surface area contributed by atoms with E-state index < -0.39 is 0 Å². The summed E-state index contributed by atoms with van der Waals surface area (Å²) in [6, 6.07) is 0. The number of ether oxygens (including phenoxy) is 2. The molecular weight excluding hydrogens is 407 g/mol. The number of unbranched alkanes of at least 4 members (excludes halogenated alkanes) is 1. The maximum absolute atomic E-state index is 5.38. The zero-order valence-corrected chi connectivity index (χ0v) is 17.3. The van der Waals surface area contributed by atoms with E-state index in [2.05, 4.69) is 27.4 Å². The van der Waals surface area contributed by atoms with Crippen molar-refractivity contribution in [2.24, 2.45) is 10.9 Å². The molecule has 0 aromatic heterocycles. The molecule has 7 heteroatoms. The normalized spacial score (nSPS) is 17.4. The molecule has 0 saturated carbocycles. The van der Waals surface area contributed by atoms with Crippen molar-refractivity contribution in [3.63, 3.8) is 0 Å². The van der Waals surface area contributed by atoms with Crippen molar-refractivity contribution in [1.29, 1.82) is 0 Å². The van der Waals surface area contributed by atoms with Crippen LogP contribution in [-0.2, 0) is 9.47 Å². The van der Waals surface area contributed by atoms with Crippen LogP contribution in [0.25, 0.3) is 0 Å². The van der Waals surface area contributed by atoms with Gasteiger partial charge in [0.25, 0.3) is 0 Å². The van der Waals surface area contributed by atoms with E-state index in [0.717, 1.165) is 78.0 Å². The largest absolute Gasteiger partial charge is 0.382 e. The predicted molar refractivity (Wildman–Crippen MR) is 107 cm³/mol. The van der Waals surface area contributed by atoms with Gasteiger partial charge in [-0.1, -0.05) is 6.92 Å². The van der Waals surface area contributed by atoms with Crippen LogP contribution in [0.3, 0.4) is 0 Å². The molecule has 2 N–H and O–H groups in total. The second-order valence-electron chi connectivity index (χ2n) is 5.80. The van der Waals surface area contributed by atoms with Crippen LogP contribution < -0.4 is 10.6 Å². The Kier molecular flexibility index (Phi) is 15.3. The van der Waals surface area contributed by atoms with Crippen molar-refractivity contribution in [1.82, 2.24) is 15.5 Å². The quantitative estimate of drug-likeness (QED) is 0.233. The predicted octanol–water partition coefficient (Wildman–Crippen LogP) is 1.55. The first-order chi connectivity index (χ1) is 10.8. The zero-order chi connectivity index (χ0) is 16.0. The molecule has 23 heavy (non-hydrogen) atoms. The Morgan fingerprint density at radius 2 is 2.00 bits per heavy atom. The molecule has 1 atom stereocenters. The van der Waals surface area contributed by atoms with Crippen molar-refractivity contribution in [3.05, 3.63) is 0 Å². The van der Waals surface area contributed by atoms with E-state index in [0.29, 0.717) is 5.92 Å². The van der Waals surface area contributed by atoms with Gasteiger partial charge >= 0.3 is 0 Å². The first-order valence-electron chi connectivity index (χ1n) is 8.58. The van der Waals surface area contributed by atoms with Crippen LogP contribution in [0.4, 0.5) is 0 Å². The lowest BCUT2D eigenvalue weighted by Crippen LogP contribution is -2.44. The molecule has 0 radical (unpaired) electrons. The summed E-state index contributed by atoms with van der Waals surface area (Å²) in [5, 5.41) is 6.77. The van der Waals surface area contributed by atoms with E-state index >= 15 is 0 Å². The van der Waals surface area contributed by atoms with E-state index in [1.54, 1.807) is 0 Å². The second-order valence-corrected chi connectivity index (χ2v) is 5.80. The molecule has 1 aliphatic rings. The SMILES string of the molecule is CCOCCCCNC(=NC)NCC(C)CN1CCOCC1.I. The Labute approximate surface area is 158 Å². The van der Waals surface area contributed by atoms with Crippen molar-refractivity contribution in [2.75, 3.05) is 66.2 Å². The summed E-state index contributed by atoms with van der Waals surface area (Å²) >= 11 is 0. The first-order valence-corrected chi connectivity index (χ1v) is 8.58. The van der Waals surface area contributed by atoms with Crippen LogP contribution in [0, 0.1) is 5.92 Å². The molecule has 0 amide bonds. The van der Waals surface area contributed by atoms with Gasteiger partial charge in [-0.15, -0.1) is 24.0 Å².